The molecule has 1 aromatic rings. The van der Waals surface area contributed by atoms with Crippen molar-refractivity contribution >= 4 is 16.1 Å². The lowest BCUT2D eigenvalue weighted by Gasteiger charge is -2.13. The Labute approximate surface area is 113 Å². The second-order valence-electron chi connectivity index (χ2n) is 4.19. The Kier molecular flexibility index (Phi) is 5.98. The van der Waals surface area contributed by atoms with Gasteiger partial charge in [0.1, 0.15) is 0 Å². The Hall–Kier alpha value is -1.40. The van der Waals surface area contributed by atoms with Crippen molar-refractivity contribution in [1.82, 2.24) is 0 Å². The molecule has 1 atom stereocenters. The summed E-state index contributed by atoms with van der Waals surface area (Å²) >= 11 is 0. The quantitative estimate of drug-likeness (QED) is 0.586. The normalized spacial score (nSPS) is 13.1. The van der Waals surface area contributed by atoms with Gasteiger partial charge in [-0.2, -0.15) is 8.42 Å². The molecule has 0 amide bonds. The number of carboxylic acids is 1. The molecule has 1 aromatic carbocycles. The predicted octanol–water partition coefficient (Wildman–Crippen LogP) is 2.43. The van der Waals surface area contributed by atoms with Gasteiger partial charge in [-0.3, -0.25) is 4.18 Å². The van der Waals surface area contributed by atoms with Gasteiger partial charge in [0.2, 0.25) is 0 Å². The van der Waals surface area contributed by atoms with E-state index >= 15 is 0 Å². The molecule has 106 valence electrons. The van der Waals surface area contributed by atoms with Crippen molar-refractivity contribution in [2.75, 3.05) is 0 Å². The summed E-state index contributed by atoms with van der Waals surface area (Å²) in [6.07, 6.45) is 1.26. The lowest BCUT2D eigenvalue weighted by Crippen LogP contribution is -2.27. The summed E-state index contributed by atoms with van der Waals surface area (Å²) < 4.78 is 28.6. The number of benzene rings is 1. The van der Waals surface area contributed by atoms with Crippen LogP contribution in [0.5, 0.6) is 0 Å². The second kappa shape index (κ2) is 7.25. The first-order chi connectivity index (χ1) is 8.97. The van der Waals surface area contributed by atoms with E-state index in [2.05, 4.69) is 0 Å². The fraction of sp³-hybridized carbons (Fsp3) is 0.462. The topological polar surface area (TPSA) is 80.7 Å². The highest BCUT2D eigenvalue weighted by molar-refractivity contribution is 7.86. The summed E-state index contributed by atoms with van der Waals surface area (Å²) in [7, 11) is -4.02. The third-order valence-corrected chi connectivity index (χ3v) is 3.96. The van der Waals surface area contributed by atoms with Crippen molar-refractivity contribution < 1.29 is 22.5 Å². The third kappa shape index (κ3) is 5.00. The highest BCUT2D eigenvalue weighted by Crippen LogP contribution is 2.17. The summed E-state index contributed by atoms with van der Waals surface area (Å²) in [5, 5.41) is 8.99. The van der Waals surface area contributed by atoms with Crippen LogP contribution in [0.3, 0.4) is 0 Å². The first kappa shape index (κ1) is 15.7. The molecule has 0 spiro atoms. The minimum atomic E-state index is -4.02. The van der Waals surface area contributed by atoms with Crippen molar-refractivity contribution in [1.29, 1.82) is 0 Å². The maximum atomic E-state index is 11.9. The lowest BCUT2D eigenvalue weighted by atomic mass is 10.1. The van der Waals surface area contributed by atoms with Crippen LogP contribution >= 0.6 is 0 Å². The van der Waals surface area contributed by atoms with Crippen LogP contribution in [0, 0.1) is 0 Å². The van der Waals surface area contributed by atoms with Crippen molar-refractivity contribution in [2.24, 2.45) is 0 Å². The van der Waals surface area contributed by atoms with Crippen molar-refractivity contribution in [3.05, 3.63) is 30.3 Å². The van der Waals surface area contributed by atoms with Crippen LogP contribution in [0.4, 0.5) is 0 Å². The lowest BCUT2D eigenvalue weighted by molar-refractivity contribution is -0.145. The summed E-state index contributed by atoms with van der Waals surface area (Å²) in [6, 6.07) is 7.54. The van der Waals surface area contributed by atoms with Gasteiger partial charge < -0.3 is 5.11 Å². The molecule has 6 heteroatoms. The van der Waals surface area contributed by atoms with E-state index in [0.717, 1.165) is 12.8 Å². The Balaban J connectivity index is 2.76. The minimum absolute atomic E-state index is 0.0308. The standard InChI is InChI=1S/C13H18O5S/c1-2-3-5-10-12(13(14)15)18-19(16,17)11-8-6-4-7-9-11/h4,6-9,12H,2-3,5,10H2,1H3,(H,14,15). The average molecular weight is 286 g/mol. The Morgan fingerprint density at radius 2 is 1.89 bits per heavy atom. The highest BCUT2D eigenvalue weighted by atomic mass is 32.2. The number of hydrogen-bond acceptors (Lipinski definition) is 4. The second-order valence-corrected chi connectivity index (χ2v) is 5.76. The van der Waals surface area contributed by atoms with Crippen LogP contribution in [-0.2, 0) is 19.1 Å². The molecule has 0 fully saturated rings. The Bertz CT molecular complexity index is 495. The summed E-state index contributed by atoms with van der Waals surface area (Å²) in [4.78, 5) is 11.0. The zero-order valence-corrected chi connectivity index (χ0v) is 11.6. The van der Waals surface area contributed by atoms with Crippen LogP contribution in [-0.4, -0.2) is 25.6 Å². The van der Waals surface area contributed by atoms with Gasteiger partial charge in [0.05, 0.1) is 4.90 Å². The molecular weight excluding hydrogens is 268 g/mol. The van der Waals surface area contributed by atoms with E-state index in [1.54, 1.807) is 18.2 Å². The highest BCUT2D eigenvalue weighted by Gasteiger charge is 2.26. The van der Waals surface area contributed by atoms with Crippen LogP contribution in [0.2, 0.25) is 0 Å². The van der Waals surface area contributed by atoms with Gasteiger partial charge in [-0.1, -0.05) is 44.4 Å². The van der Waals surface area contributed by atoms with Crippen LogP contribution in [0.25, 0.3) is 0 Å². The molecule has 0 aliphatic carbocycles. The Morgan fingerprint density at radius 3 is 2.42 bits per heavy atom. The molecule has 19 heavy (non-hydrogen) atoms. The molecule has 1 rings (SSSR count). The molecule has 1 N–H and O–H groups in total. The van der Waals surface area contributed by atoms with Gasteiger partial charge in [-0.05, 0) is 18.6 Å². The summed E-state index contributed by atoms with van der Waals surface area (Å²) in [5.41, 5.74) is 0. The van der Waals surface area contributed by atoms with Crippen LogP contribution in [0.15, 0.2) is 35.2 Å². The molecule has 0 aliphatic rings. The fourth-order valence-electron chi connectivity index (χ4n) is 1.59. The van der Waals surface area contributed by atoms with Gasteiger partial charge in [0.15, 0.2) is 6.10 Å². The largest absolute Gasteiger partial charge is 0.479 e. The number of carbonyl (C=O) groups is 1. The van der Waals surface area contributed by atoms with Gasteiger partial charge in [-0.15, -0.1) is 0 Å². The van der Waals surface area contributed by atoms with Crippen molar-refractivity contribution in [3.8, 4) is 0 Å². The first-order valence-corrected chi connectivity index (χ1v) is 7.59. The van der Waals surface area contributed by atoms with Gasteiger partial charge in [-0.25, -0.2) is 4.79 Å². The smallest absolute Gasteiger partial charge is 0.334 e. The van der Waals surface area contributed by atoms with Gasteiger partial charge in [0.25, 0.3) is 10.1 Å². The van der Waals surface area contributed by atoms with Crippen LogP contribution in [0.1, 0.15) is 32.6 Å². The molecule has 1 unspecified atom stereocenters. The number of rotatable bonds is 8. The molecular formula is C13H18O5S. The van der Waals surface area contributed by atoms with Gasteiger partial charge >= 0.3 is 5.97 Å². The number of aliphatic carboxylic acids is 1. The number of unbranched alkanes of at least 4 members (excludes halogenated alkanes) is 2. The number of hydrogen-bond donors (Lipinski definition) is 1. The molecule has 0 aromatic heterocycles. The minimum Gasteiger partial charge on any atom is -0.479 e. The van der Waals surface area contributed by atoms with E-state index in [0.29, 0.717) is 6.42 Å². The third-order valence-electron chi connectivity index (χ3n) is 2.62. The molecule has 5 nitrogen and oxygen atoms in total. The number of carboxylic acid groups (broad SMARTS) is 1. The van der Waals surface area contributed by atoms with Crippen molar-refractivity contribution in [2.45, 2.75) is 43.6 Å². The van der Waals surface area contributed by atoms with Gasteiger partial charge in [0, 0.05) is 0 Å². The van der Waals surface area contributed by atoms with E-state index in [1.807, 2.05) is 6.92 Å². The van der Waals surface area contributed by atoms with Crippen LogP contribution < -0.4 is 0 Å². The SMILES string of the molecule is CCCCCC(OS(=O)(=O)c1ccccc1)C(=O)O. The molecule has 0 saturated carbocycles. The Morgan fingerprint density at radius 1 is 1.26 bits per heavy atom. The molecule has 0 saturated heterocycles. The van der Waals surface area contributed by atoms with E-state index < -0.39 is 22.2 Å². The van der Waals surface area contributed by atoms with E-state index in [1.165, 1.54) is 12.1 Å². The molecule has 0 aliphatic heterocycles. The first-order valence-electron chi connectivity index (χ1n) is 6.18. The molecule has 0 bridgehead atoms. The van der Waals surface area contributed by atoms with E-state index in [4.69, 9.17) is 9.29 Å². The predicted molar refractivity (Wildman–Crippen MR) is 70.3 cm³/mol. The van der Waals surface area contributed by atoms with Crippen molar-refractivity contribution in [3.63, 3.8) is 0 Å². The summed E-state index contributed by atoms with van der Waals surface area (Å²) in [5.74, 6) is -1.25. The van der Waals surface area contributed by atoms with E-state index in [-0.39, 0.29) is 11.3 Å². The molecule has 0 heterocycles. The summed E-state index contributed by atoms with van der Waals surface area (Å²) in [6.45, 7) is 1.98. The average Bonchev–Trinajstić information content (AvgIpc) is 2.38. The monoisotopic (exact) mass is 286 g/mol. The zero-order valence-electron chi connectivity index (χ0n) is 10.8. The van der Waals surface area contributed by atoms with E-state index in [9.17, 15) is 13.2 Å². The maximum absolute atomic E-state index is 11.9. The zero-order chi connectivity index (χ0) is 14.3. The fourth-order valence-corrected chi connectivity index (χ4v) is 2.67. The maximum Gasteiger partial charge on any atom is 0.334 e. The molecule has 0 radical (unpaired) electrons.